The fourth-order valence-electron chi connectivity index (χ4n) is 3.78. The number of hydrogen-bond acceptors (Lipinski definition) is 6. The lowest BCUT2D eigenvalue weighted by atomic mass is 10.1. The number of benzene rings is 1. The van der Waals surface area contributed by atoms with Crippen LogP contribution in [0.25, 0.3) is 0 Å². The Morgan fingerprint density at radius 1 is 0.629 bits per heavy atom. The van der Waals surface area contributed by atoms with Crippen molar-refractivity contribution in [1.29, 1.82) is 0 Å². The first kappa shape index (κ1) is 30.7. The summed E-state index contributed by atoms with van der Waals surface area (Å²) in [7, 11) is 0. The van der Waals surface area contributed by atoms with Crippen LogP contribution in [0.3, 0.4) is 0 Å². The maximum Gasteiger partial charge on any atom is 0.511 e. The predicted molar refractivity (Wildman–Crippen MR) is 140 cm³/mol. The van der Waals surface area contributed by atoms with Crippen LogP contribution >= 0.6 is 0 Å². The molecule has 2 N–H and O–H groups in total. The van der Waals surface area contributed by atoms with Crippen LogP contribution in [0.15, 0.2) is 6.07 Å². The summed E-state index contributed by atoms with van der Waals surface area (Å²) in [6, 6.07) is 1.38. The minimum Gasteiger partial charge on any atom is -0.502 e. The van der Waals surface area contributed by atoms with Gasteiger partial charge in [-0.15, -0.1) is 0 Å². The van der Waals surface area contributed by atoms with Gasteiger partial charge in [-0.3, -0.25) is 0 Å². The molecular formula is C28H48O7. The first-order chi connectivity index (χ1) is 17.0. The number of carboxylic acid groups (broad SMARTS) is 1. The molecule has 0 unspecified atom stereocenters. The van der Waals surface area contributed by atoms with Crippen LogP contribution in [0.5, 0.6) is 28.7 Å². The third kappa shape index (κ3) is 13.4. The van der Waals surface area contributed by atoms with Gasteiger partial charge in [0.1, 0.15) is 0 Å². The maximum absolute atomic E-state index is 11.2. The van der Waals surface area contributed by atoms with E-state index in [1.165, 1.54) is 38.2 Å². The number of unbranched alkanes of at least 4 members (excludes halogenated alkanes) is 12. The van der Waals surface area contributed by atoms with E-state index in [2.05, 4.69) is 20.8 Å². The van der Waals surface area contributed by atoms with Gasteiger partial charge in [0.2, 0.25) is 17.2 Å². The Kier molecular flexibility index (Phi) is 17.5. The van der Waals surface area contributed by atoms with Gasteiger partial charge in [-0.1, -0.05) is 97.8 Å². The summed E-state index contributed by atoms with van der Waals surface area (Å²) in [5.41, 5.74) is 0. The molecule has 1 aromatic rings. The zero-order valence-electron chi connectivity index (χ0n) is 22.2. The third-order valence-electron chi connectivity index (χ3n) is 5.83. The molecule has 35 heavy (non-hydrogen) atoms. The zero-order valence-corrected chi connectivity index (χ0v) is 22.2. The fraction of sp³-hybridized carbons (Fsp3) is 0.750. The molecule has 0 bridgehead atoms. The van der Waals surface area contributed by atoms with Crippen molar-refractivity contribution in [3.63, 3.8) is 0 Å². The molecule has 0 fully saturated rings. The van der Waals surface area contributed by atoms with Gasteiger partial charge in [-0.25, -0.2) is 4.79 Å². The molecule has 1 aromatic carbocycles. The van der Waals surface area contributed by atoms with Crippen molar-refractivity contribution in [2.24, 2.45) is 0 Å². The predicted octanol–water partition coefficient (Wildman–Crippen LogP) is 8.50. The van der Waals surface area contributed by atoms with Crippen molar-refractivity contribution in [3.8, 4) is 28.7 Å². The van der Waals surface area contributed by atoms with Gasteiger partial charge < -0.3 is 29.2 Å². The van der Waals surface area contributed by atoms with Gasteiger partial charge in [0.05, 0.1) is 19.8 Å². The summed E-state index contributed by atoms with van der Waals surface area (Å²) >= 11 is 0. The second-order valence-electron chi connectivity index (χ2n) is 9.04. The lowest BCUT2D eigenvalue weighted by Crippen LogP contribution is -2.09. The molecule has 0 aliphatic heterocycles. The normalized spacial score (nSPS) is 10.8. The second kappa shape index (κ2) is 19.9. The highest BCUT2D eigenvalue weighted by molar-refractivity contribution is 5.70. The number of hydrogen-bond donors (Lipinski definition) is 2. The minimum atomic E-state index is -1.51. The van der Waals surface area contributed by atoms with E-state index in [0.29, 0.717) is 31.3 Å². The Balaban J connectivity index is 3.01. The number of carbonyl (C=O) groups is 1. The van der Waals surface area contributed by atoms with E-state index in [1.54, 1.807) is 0 Å². The van der Waals surface area contributed by atoms with Crippen molar-refractivity contribution < 1.29 is 34.0 Å². The molecule has 0 aliphatic rings. The van der Waals surface area contributed by atoms with E-state index in [4.69, 9.17) is 24.1 Å². The van der Waals surface area contributed by atoms with E-state index < -0.39 is 6.16 Å². The molecule has 1 rings (SSSR count). The topological polar surface area (TPSA) is 94.5 Å². The molecular weight excluding hydrogens is 448 g/mol. The summed E-state index contributed by atoms with van der Waals surface area (Å²) < 4.78 is 22.8. The summed E-state index contributed by atoms with van der Waals surface area (Å²) in [5.74, 6) is 0.155. The van der Waals surface area contributed by atoms with E-state index in [1.807, 2.05) is 0 Å². The Morgan fingerprint density at radius 2 is 1.06 bits per heavy atom. The number of phenols is 1. The molecule has 0 heterocycles. The number of rotatable bonds is 22. The fourth-order valence-corrected chi connectivity index (χ4v) is 3.78. The molecule has 0 amide bonds. The monoisotopic (exact) mass is 496 g/mol. The molecule has 0 saturated carbocycles. The van der Waals surface area contributed by atoms with Gasteiger partial charge in [-0.2, -0.15) is 0 Å². The van der Waals surface area contributed by atoms with Gasteiger partial charge >= 0.3 is 6.16 Å². The number of phenolic OH excluding ortho intramolecular Hbond substituents is 1. The van der Waals surface area contributed by atoms with Crippen LogP contribution in [0.4, 0.5) is 4.79 Å². The van der Waals surface area contributed by atoms with Crippen LogP contribution in [0.1, 0.15) is 117 Å². The molecule has 0 radical (unpaired) electrons. The van der Waals surface area contributed by atoms with Crippen molar-refractivity contribution >= 4 is 6.16 Å². The summed E-state index contributed by atoms with van der Waals surface area (Å²) in [5, 5.41) is 19.9. The highest BCUT2D eigenvalue weighted by atomic mass is 16.7. The van der Waals surface area contributed by atoms with Crippen LogP contribution in [0.2, 0.25) is 0 Å². The van der Waals surface area contributed by atoms with Crippen molar-refractivity contribution in [3.05, 3.63) is 6.07 Å². The number of ether oxygens (including phenoxy) is 4. The largest absolute Gasteiger partial charge is 0.511 e. The van der Waals surface area contributed by atoms with Crippen LogP contribution in [0, 0.1) is 0 Å². The average molecular weight is 497 g/mol. The van der Waals surface area contributed by atoms with Crippen molar-refractivity contribution in [1.82, 2.24) is 0 Å². The second-order valence-corrected chi connectivity index (χ2v) is 9.04. The molecule has 0 spiro atoms. The van der Waals surface area contributed by atoms with Gasteiger partial charge in [0.25, 0.3) is 0 Å². The molecule has 202 valence electrons. The van der Waals surface area contributed by atoms with E-state index in [9.17, 15) is 9.90 Å². The van der Waals surface area contributed by atoms with E-state index in [0.717, 1.165) is 64.2 Å². The zero-order chi connectivity index (χ0) is 25.7. The Labute approximate surface area is 212 Å². The van der Waals surface area contributed by atoms with Crippen LogP contribution in [-0.4, -0.2) is 36.2 Å². The van der Waals surface area contributed by atoms with E-state index >= 15 is 0 Å². The maximum atomic E-state index is 11.2. The Morgan fingerprint density at radius 3 is 1.51 bits per heavy atom. The highest BCUT2D eigenvalue weighted by Crippen LogP contribution is 2.50. The van der Waals surface area contributed by atoms with E-state index in [-0.39, 0.29) is 17.2 Å². The highest BCUT2D eigenvalue weighted by Gasteiger charge is 2.24. The first-order valence-electron chi connectivity index (χ1n) is 13.7. The third-order valence-corrected chi connectivity index (χ3v) is 5.83. The quantitative estimate of drug-likeness (QED) is 0.0943. The molecule has 0 saturated heterocycles. The van der Waals surface area contributed by atoms with Gasteiger partial charge in [0.15, 0.2) is 11.5 Å². The van der Waals surface area contributed by atoms with Gasteiger partial charge in [-0.05, 0) is 19.3 Å². The Bertz CT molecular complexity index is 690. The average Bonchev–Trinajstić information content (AvgIpc) is 2.83. The van der Waals surface area contributed by atoms with Crippen LogP contribution in [-0.2, 0) is 0 Å². The standard InChI is InChI=1S/C28H48O7/c1-4-7-10-13-16-19-32-24-22-23(35-28(30)31)25(29)27(34-21-18-15-12-9-6-3)26(24)33-20-17-14-11-8-5-2/h22,29H,4-21H2,1-3H3,(H,30,31). The minimum absolute atomic E-state index is 0.0915. The molecule has 0 atom stereocenters. The lowest BCUT2D eigenvalue weighted by Gasteiger charge is -2.20. The lowest BCUT2D eigenvalue weighted by molar-refractivity contribution is 0.141. The van der Waals surface area contributed by atoms with Crippen molar-refractivity contribution in [2.75, 3.05) is 19.8 Å². The first-order valence-corrected chi connectivity index (χ1v) is 13.7. The molecule has 7 heteroatoms. The summed E-state index contributed by atoms with van der Waals surface area (Å²) in [4.78, 5) is 11.2. The Hall–Kier alpha value is -2.31. The molecule has 7 nitrogen and oxygen atoms in total. The molecule has 0 aliphatic carbocycles. The van der Waals surface area contributed by atoms with Gasteiger partial charge in [0, 0.05) is 6.07 Å². The summed E-state index contributed by atoms with van der Waals surface area (Å²) in [6.07, 6.45) is 14.7. The smallest absolute Gasteiger partial charge is 0.502 e. The molecule has 0 aromatic heterocycles. The van der Waals surface area contributed by atoms with Crippen LogP contribution < -0.4 is 18.9 Å². The summed E-state index contributed by atoms with van der Waals surface area (Å²) in [6.45, 7) is 7.83. The van der Waals surface area contributed by atoms with Crippen molar-refractivity contribution in [2.45, 2.75) is 117 Å². The SMILES string of the molecule is CCCCCCCOc1cc(OC(=O)O)c(O)c(OCCCCCCC)c1OCCCCCCC. The number of aromatic hydroxyl groups is 1.